The third-order valence-electron chi connectivity index (χ3n) is 4.70. The average Bonchev–Trinajstić information content (AvgIpc) is 3.33. The molecule has 0 bridgehead atoms. The van der Waals surface area contributed by atoms with Gasteiger partial charge in [-0.1, -0.05) is 18.2 Å². The summed E-state index contributed by atoms with van der Waals surface area (Å²) in [5, 5.41) is 1.18. The second-order valence-corrected chi connectivity index (χ2v) is 6.27. The van der Waals surface area contributed by atoms with Crippen molar-refractivity contribution in [2.24, 2.45) is 0 Å². The summed E-state index contributed by atoms with van der Waals surface area (Å²) in [7, 11) is 0. The molecule has 21 heavy (non-hydrogen) atoms. The SMILES string of the molecule is Nc1nc2ccccc2cc1CN1CCN(C2CC2)CC1. The highest BCUT2D eigenvalue weighted by Crippen LogP contribution is 2.28. The Labute approximate surface area is 125 Å². The van der Waals surface area contributed by atoms with Crippen LogP contribution in [0.2, 0.25) is 0 Å². The summed E-state index contributed by atoms with van der Waals surface area (Å²) in [4.78, 5) is 9.67. The van der Waals surface area contributed by atoms with E-state index < -0.39 is 0 Å². The molecule has 2 aliphatic rings. The summed E-state index contributed by atoms with van der Waals surface area (Å²) in [6.07, 6.45) is 2.81. The predicted molar refractivity (Wildman–Crippen MR) is 86.0 cm³/mol. The molecular weight excluding hydrogens is 260 g/mol. The highest BCUT2D eigenvalue weighted by Gasteiger charge is 2.31. The van der Waals surface area contributed by atoms with Gasteiger partial charge in [0.05, 0.1) is 5.52 Å². The monoisotopic (exact) mass is 282 g/mol. The van der Waals surface area contributed by atoms with E-state index in [1.807, 2.05) is 12.1 Å². The van der Waals surface area contributed by atoms with Gasteiger partial charge in [-0.25, -0.2) is 4.98 Å². The van der Waals surface area contributed by atoms with Crippen LogP contribution in [0, 0.1) is 0 Å². The van der Waals surface area contributed by atoms with Crippen molar-refractivity contribution in [2.75, 3.05) is 31.9 Å². The minimum Gasteiger partial charge on any atom is -0.383 e. The van der Waals surface area contributed by atoms with E-state index in [1.54, 1.807) is 0 Å². The topological polar surface area (TPSA) is 45.4 Å². The van der Waals surface area contributed by atoms with Gasteiger partial charge in [-0.3, -0.25) is 9.80 Å². The lowest BCUT2D eigenvalue weighted by molar-refractivity contribution is 0.121. The number of fused-ring (bicyclic) bond motifs is 1. The summed E-state index contributed by atoms with van der Waals surface area (Å²) in [5.74, 6) is 0.679. The number of nitrogens with zero attached hydrogens (tertiary/aromatic N) is 3. The highest BCUT2D eigenvalue weighted by atomic mass is 15.3. The van der Waals surface area contributed by atoms with Crippen molar-refractivity contribution in [3.05, 3.63) is 35.9 Å². The molecule has 1 saturated carbocycles. The minimum absolute atomic E-state index is 0.679. The molecule has 1 aliphatic heterocycles. The zero-order chi connectivity index (χ0) is 14.2. The van der Waals surface area contributed by atoms with Crippen molar-refractivity contribution in [3.63, 3.8) is 0 Å². The molecule has 0 unspecified atom stereocenters. The van der Waals surface area contributed by atoms with E-state index in [9.17, 15) is 0 Å². The number of rotatable bonds is 3. The molecule has 1 aromatic heterocycles. The van der Waals surface area contributed by atoms with Crippen molar-refractivity contribution in [2.45, 2.75) is 25.4 Å². The molecule has 1 saturated heterocycles. The van der Waals surface area contributed by atoms with Crippen molar-refractivity contribution in [3.8, 4) is 0 Å². The normalized spacial score (nSPS) is 21.0. The summed E-state index contributed by atoms with van der Waals surface area (Å²) >= 11 is 0. The van der Waals surface area contributed by atoms with E-state index in [0.29, 0.717) is 5.82 Å². The Bertz CT molecular complexity index is 642. The number of pyridine rings is 1. The molecule has 0 radical (unpaired) electrons. The fourth-order valence-corrected chi connectivity index (χ4v) is 3.27. The zero-order valence-electron chi connectivity index (χ0n) is 12.3. The Morgan fingerprint density at radius 1 is 1.10 bits per heavy atom. The molecule has 1 aromatic carbocycles. The Morgan fingerprint density at radius 2 is 1.86 bits per heavy atom. The van der Waals surface area contributed by atoms with E-state index in [2.05, 4.69) is 33.0 Å². The van der Waals surface area contributed by atoms with Crippen LogP contribution in [0.25, 0.3) is 10.9 Å². The molecule has 2 heterocycles. The van der Waals surface area contributed by atoms with Gasteiger partial charge in [-0.15, -0.1) is 0 Å². The van der Waals surface area contributed by atoms with Crippen LogP contribution in [0.1, 0.15) is 18.4 Å². The average molecular weight is 282 g/mol. The van der Waals surface area contributed by atoms with Gasteiger partial charge in [0.2, 0.25) is 0 Å². The largest absolute Gasteiger partial charge is 0.383 e. The molecule has 4 nitrogen and oxygen atoms in total. The van der Waals surface area contributed by atoms with Gasteiger partial charge < -0.3 is 5.73 Å². The zero-order valence-corrected chi connectivity index (χ0v) is 12.3. The fraction of sp³-hybridized carbons (Fsp3) is 0.471. The van der Waals surface area contributed by atoms with Crippen LogP contribution < -0.4 is 5.73 Å². The fourth-order valence-electron chi connectivity index (χ4n) is 3.27. The Kier molecular flexibility index (Phi) is 3.28. The lowest BCUT2D eigenvalue weighted by Crippen LogP contribution is -2.46. The van der Waals surface area contributed by atoms with Gasteiger partial charge in [-0.2, -0.15) is 0 Å². The number of nitrogen functional groups attached to an aromatic ring is 1. The Hall–Kier alpha value is -1.65. The lowest BCUT2D eigenvalue weighted by Gasteiger charge is -2.34. The molecular formula is C17H22N4. The maximum Gasteiger partial charge on any atom is 0.128 e. The minimum atomic E-state index is 0.679. The van der Waals surface area contributed by atoms with E-state index in [0.717, 1.165) is 36.8 Å². The summed E-state index contributed by atoms with van der Waals surface area (Å²) in [6.45, 7) is 5.60. The molecule has 0 amide bonds. The first-order chi connectivity index (χ1) is 10.3. The van der Waals surface area contributed by atoms with Crippen LogP contribution in [0.15, 0.2) is 30.3 Å². The van der Waals surface area contributed by atoms with Crippen molar-refractivity contribution in [1.29, 1.82) is 0 Å². The molecule has 2 aromatic rings. The third-order valence-corrected chi connectivity index (χ3v) is 4.70. The first kappa shape index (κ1) is 13.0. The molecule has 2 N–H and O–H groups in total. The molecule has 4 rings (SSSR count). The van der Waals surface area contributed by atoms with Gasteiger partial charge in [0.25, 0.3) is 0 Å². The number of hydrogen-bond donors (Lipinski definition) is 1. The maximum atomic E-state index is 6.14. The van der Waals surface area contributed by atoms with Crippen LogP contribution in [-0.4, -0.2) is 47.0 Å². The number of nitrogens with two attached hydrogens (primary N) is 1. The molecule has 110 valence electrons. The first-order valence-electron chi connectivity index (χ1n) is 7.90. The number of piperazine rings is 1. The van der Waals surface area contributed by atoms with E-state index in [1.165, 1.54) is 31.3 Å². The lowest BCUT2D eigenvalue weighted by atomic mass is 10.1. The predicted octanol–water partition coefficient (Wildman–Crippen LogP) is 2.10. The van der Waals surface area contributed by atoms with E-state index in [-0.39, 0.29) is 0 Å². The van der Waals surface area contributed by atoms with Gasteiger partial charge in [0.15, 0.2) is 0 Å². The first-order valence-corrected chi connectivity index (χ1v) is 7.90. The van der Waals surface area contributed by atoms with Crippen molar-refractivity contribution >= 4 is 16.7 Å². The number of para-hydroxylation sites is 1. The molecule has 0 atom stereocenters. The van der Waals surface area contributed by atoms with Crippen molar-refractivity contribution in [1.82, 2.24) is 14.8 Å². The smallest absolute Gasteiger partial charge is 0.128 e. The second-order valence-electron chi connectivity index (χ2n) is 6.27. The van der Waals surface area contributed by atoms with Gasteiger partial charge in [0, 0.05) is 49.7 Å². The molecule has 1 aliphatic carbocycles. The van der Waals surface area contributed by atoms with Crippen LogP contribution in [-0.2, 0) is 6.54 Å². The summed E-state index contributed by atoms with van der Waals surface area (Å²) in [5.41, 5.74) is 8.29. The van der Waals surface area contributed by atoms with Crippen molar-refractivity contribution < 1.29 is 0 Å². The van der Waals surface area contributed by atoms with Gasteiger partial charge >= 0.3 is 0 Å². The number of hydrogen-bond acceptors (Lipinski definition) is 4. The number of anilines is 1. The highest BCUT2D eigenvalue weighted by molar-refractivity contribution is 5.81. The molecule has 2 fully saturated rings. The quantitative estimate of drug-likeness (QED) is 0.936. The van der Waals surface area contributed by atoms with Gasteiger partial charge in [-0.05, 0) is 25.0 Å². The Balaban J connectivity index is 1.48. The number of benzene rings is 1. The number of aromatic nitrogens is 1. The van der Waals surface area contributed by atoms with E-state index >= 15 is 0 Å². The van der Waals surface area contributed by atoms with E-state index in [4.69, 9.17) is 5.73 Å². The van der Waals surface area contributed by atoms with Crippen LogP contribution in [0.5, 0.6) is 0 Å². The van der Waals surface area contributed by atoms with Crippen LogP contribution in [0.4, 0.5) is 5.82 Å². The summed E-state index contributed by atoms with van der Waals surface area (Å²) in [6, 6.07) is 11.3. The molecule has 4 heteroatoms. The van der Waals surface area contributed by atoms with Crippen LogP contribution >= 0.6 is 0 Å². The Morgan fingerprint density at radius 3 is 2.62 bits per heavy atom. The summed E-state index contributed by atoms with van der Waals surface area (Å²) < 4.78 is 0. The third kappa shape index (κ3) is 2.74. The van der Waals surface area contributed by atoms with Gasteiger partial charge in [0.1, 0.15) is 5.82 Å². The van der Waals surface area contributed by atoms with Crippen LogP contribution in [0.3, 0.4) is 0 Å². The second kappa shape index (κ2) is 5.28. The standard InChI is InChI=1S/C17H22N4/c18-17-14(11-13-3-1-2-4-16(13)19-17)12-20-7-9-21(10-8-20)15-5-6-15/h1-4,11,15H,5-10,12H2,(H2,18,19). The molecule has 0 spiro atoms. The maximum absolute atomic E-state index is 6.14.